The summed E-state index contributed by atoms with van der Waals surface area (Å²) in [6, 6.07) is 0.141. The highest BCUT2D eigenvalue weighted by Gasteiger charge is 2.20. The Morgan fingerprint density at radius 3 is 2.42 bits per heavy atom. The van der Waals surface area contributed by atoms with Gasteiger partial charge in [0, 0.05) is 10.8 Å². The number of aromatic nitrogens is 2. The summed E-state index contributed by atoms with van der Waals surface area (Å²) in [6.07, 6.45) is 1.11. The van der Waals surface area contributed by atoms with Gasteiger partial charge in [0.05, 0.1) is 16.4 Å². The highest BCUT2D eigenvalue weighted by molar-refractivity contribution is 7.10. The highest BCUT2D eigenvalue weighted by atomic mass is 32.1. The van der Waals surface area contributed by atoms with E-state index in [1.807, 2.05) is 6.92 Å². The summed E-state index contributed by atoms with van der Waals surface area (Å²) in [5, 5.41) is 10.1. The molecule has 1 N–H and O–H groups in total. The van der Waals surface area contributed by atoms with E-state index in [4.69, 9.17) is 4.98 Å². The van der Waals surface area contributed by atoms with E-state index < -0.39 is 0 Å². The SMILES string of the molecule is CCCNC(c1csc(C)n1)c1nc(C(C)C)cs1. The van der Waals surface area contributed by atoms with Crippen LogP contribution in [0.4, 0.5) is 0 Å². The van der Waals surface area contributed by atoms with Crippen molar-refractivity contribution in [2.75, 3.05) is 6.54 Å². The fourth-order valence-corrected chi connectivity index (χ4v) is 3.52. The third-order valence-electron chi connectivity index (χ3n) is 2.91. The number of nitrogens with zero attached hydrogens (tertiary/aromatic N) is 2. The molecule has 0 spiro atoms. The Kier molecular flexibility index (Phi) is 5.07. The molecule has 19 heavy (non-hydrogen) atoms. The number of nitrogens with one attached hydrogen (secondary N) is 1. The second kappa shape index (κ2) is 6.59. The van der Waals surface area contributed by atoms with Gasteiger partial charge in [-0.1, -0.05) is 20.8 Å². The van der Waals surface area contributed by atoms with Crippen molar-refractivity contribution in [2.45, 2.75) is 46.1 Å². The van der Waals surface area contributed by atoms with E-state index in [2.05, 4.69) is 41.8 Å². The summed E-state index contributed by atoms with van der Waals surface area (Å²) in [7, 11) is 0. The van der Waals surface area contributed by atoms with Crippen molar-refractivity contribution < 1.29 is 0 Å². The van der Waals surface area contributed by atoms with E-state index in [1.54, 1.807) is 22.7 Å². The van der Waals surface area contributed by atoms with Gasteiger partial charge in [-0.05, 0) is 25.8 Å². The van der Waals surface area contributed by atoms with Crippen LogP contribution in [0.2, 0.25) is 0 Å². The van der Waals surface area contributed by atoms with E-state index in [0.29, 0.717) is 5.92 Å². The number of hydrogen-bond donors (Lipinski definition) is 1. The van der Waals surface area contributed by atoms with Crippen LogP contribution >= 0.6 is 22.7 Å². The van der Waals surface area contributed by atoms with Crippen LogP contribution in [0.25, 0.3) is 0 Å². The molecule has 0 amide bonds. The Hall–Kier alpha value is -0.780. The van der Waals surface area contributed by atoms with Crippen LogP contribution in [-0.4, -0.2) is 16.5 Å². The molecule has 0 fully saturated rings. The van der Waals surface area contributed by atoms with Crippen LogP contribution in [0, 0.1) is 6.92 Å². The standard InChI is InChI=1S/C14H21N3S2/c1-5-6-15-13(12-8-18-10(4)16-12)14-17-11(7-19-14)9(2)3/h7-9,13,15H,5-6H2,1-4H3. The first-order valence-corrected chi connectivity index (χ1v) is 8.48. The van der Waals surface area contributed by atoms with Crippen molar-refractivity contribution in [1.29, 1.82) is 0 Å². The summed E-state index contributed by atoms with van der Waals surface area (Å²) in [6.45, 7) is 9.57. The lowest BCUT2D eigenvalue weighted by Crippen LogP contribution is -2.23. The largest absolute Gasteiger partial charge is 0.303 e. The minimum atomic E-state index is 0.141. The maximum atomic E-state index is 4.77. The molecule has 0 aliphatic heterocycles. The molecule has 104 valence electrons. The zero-order valence-corrected chi connectivity index (χ0v) is 13.6. The molecule has 3 nitrogen and oxygen atoms in total. The van der Waals surface area contributed by atoms with Crippen molar-refractivity contribution >= 4 is 22.7 Å². The molecule has 0 saturated heterocycles. The average molecular weight is 295 g/mol. The van der Waals surface area contributed by atoms with Crippen LogP contribution in [-0.2, 0) is 0 Å². The summed E-state index contributed by atoms with van der Waals surface area (Å²) < 4.78 is 0. The predicted molar refractivity (Wildman–Crippen MR) is 83.2 cm³/mol. The number of thiazole rings is 2. The normalized spacial score (nSPS) is 13.1. The smallest absolute Gasteiger partial charge is 0.116 e. The molecule has 0 aromatic carbocycles. The van der Waals surface area contributed by atoms with Gasteiger partial charge in [0.25, 0.3) is 0 Å². The lowest BCUT2D eigenvalue weighted by molar-refractivity contribution is 0.583. The van der Waals surface area contributed by atoms with Crippen LogP contribution in [0.15, 0.2) is 10.8 Å². The van der Waals surface area contributed by atoms with E-state index in [9.17, 15) is 0 Å². The Labute approximate surface area is 123 Å². The molecule has 2 aromatic heterocycles. The molecule has 1 unspecified atom stereocenters. The molecule has 0 aliphatic rings. The summed E-state index contributed by atoms with van der Waals surface area (Å²) in [5.74, 6) is 0.481. The molecule has 2 heterocycles. The number of aryl methyl sites for hydroxylation is 1. The van der Waals surface area contributed by atoms with Gasteiger partial charge in [-0.3, -0.25) is 0 Å². The first kappa shape index (κ1) is 14.6. The second-order valence-corrected chi connectivity index (χ2v) is 6.90. The summed E-state index contributed by atoms with van der Waals surface area (Å²) in [4.78, 5) is 9.39. The Bertz CT molecular complexity index is 516. The van der Waals surface area contributed by atoms with E-state index in [-0.39, 0.29) is 6.04 Å². The molecule has 2 rings (SSSR count). The molecule has 1 atom stereocenters. The first-order chi connectivity index (χ1) is 9.11. The molecular formula is C14H21N3S2. The van der Waals surface area contributed by atoms with Gasteiger partial charge in [0.2, 0.25) is 0 Å². The van der Waals surface area contributed by atoms with Crippen molar-refractivity contribution in [2.24, 2.45) is 0 Å². The number of hydrogen-bond acceptors (Lipinski definition) is 5. The Balaban J connectivity index is 2.25. The molecule has 5 heteroatoms. The Morgan fingerprint density at radius 1 is 1.16 bits per heavy atom. The van der Waals surface area contributed by atoms with Crippen LogP contribution < -0.4 is 5.32 Å². The van der Waals surface area contributed by atoms with Gasteiger partial charge >= 0.3 is 0 Å². The minimum Gasteiger partial charge on any atom is -0.303 e. The van der Waals surface area contributed by atoms with Gasteiger partial charge in [-0.15, -0.1) is 22.7 Å². The van der Waals surface area contributed by atoms with Gasteiger partial charge in [-0.2, -0.15) is 0 Å². The van der Waals surface area contributed by atoms with Crippen molar-refractivity contribution in [3.63, 3.8) is 0 Å². The Morgan fingerprint density at radius 2 is 1.89 bits per heavy atom. The third kappa shape index (κ3) is 3.61. The predicted octanol–water partition coefficient (Wildman–Crippen LogP) is 4.12. The van der Waals surface area contributed by atoms with Gasteiger partial charge in [-0.25, -0.2) is 9.97 Å². The van der Waals surface area contributed by atoms with Gasteiger partial charge in [0.1, 0.15) is 11.0 Å². The molecule has 0 bridgehead atoms. The van der Waals surface area contributed by atoms with E-state index in [1.165, 1.54) is 5.69 Å². The van der Waals surface area contributed by atoms with Crippen molar-refractivity contribution in [1.82, 2.24) is 15.3 Å². The topological polar surface area (TPSA) is 37.8 Å². The zero-order valence-electron chi connectivity index (χ0n) is 11.9. The van der Waals surface area contributed by atoms with Crippen LogP contribution in [0.3, 0.4) is 0 Å². The second-order valence-electron chi connectivity index (χ2n) is 4.94. The van der Waals surface area contributed by atoms with Gasteiger partial charge < -0.3 is 5.32 Å². The maximum absolute atomic E-state index is 4.77. The minimum absolute atomic E-state index is 0.141. The molecular weight excluding hydrogens is 274 g/mol. The molecule has 0 aliphatic carbocycles. The monoisotopic (exact) mass is 295 g/mol. The maximum Gasteiger partial charge on any atom is 0.116 e. The fraction of sp³-hybridized carbons (Fsp3) is 0.571. The lowest BCUT2D eigenvalue weighted by Gasteiger charge is -2.13. The molecule has 0 saturated carbocycles. The van der Waals surface area contributed by atoms with Crippen molar-refractivity contribution in [3.8, 4) is 0 Å². The third-order valence-corrected chi connectivity index (χ3v) is 4.63. The first-order valence-electron chi connectivity index (χ1n) is 6.72. The molecule has 0 radical (unpaired) electrons. The van der Waals surface area contributed by atoms with E-state index in [0.717, 1.165) is 28.7 Å². The lowest BCUT2D eigenvalue weighted by atomic mass is 10.1. The highest BCUT2D eigenvalue weighted by Crippen LogP contribution is 2.28. The van der Waals surface area contributed by atoms with Crippen LogP contribution in [0.5, 0.6) is 0 Å². The average Bonchev–Trinajstić information content (AvgIpc) is 2.99. The summed E-state index contributed by atoms with van der Waals surface area (Å²) in [5.41, 5.74) is 2.27. The van der Waals surface area contributed by atoms with Crippen molar-refractivity contribution in [3.05, 3.63) is 32.2 Å². The van der Waals surface area contributed by atoms with Crippen LogP contribution in [0.1, 0.15) is 60.6 Å². The van der Waals surface area contributed by atoms with E-state index >= 15 is 0 Å². The quantitative estimate of drug-likeness (QED) is 0.871. The van der Waals surface area contributed by atoms with Gasteiger partial charge in [0.15, 0.2) is 0 Å². The fourth-order valence-electron chi connectivity index (χ4n) is 1.82. The zero-order chi connectivity index (χ0) is 13.8. The molecule has 2 aromatic rings. The number of rotatable bonds is 6. The summed E-state index contributed by atoms with van der Waals surface area (Å²) >= 11 is 3.43.